The van der Waals surface area contributed by atoms with Crippen molar-refractivity contribution in [3.05, 3.63) is 24.4 Å². The number of carboxylic acid groups (broad SMARTS) is 1. The van der Waals surface area contributed by atoms with Gasteiger partial charge in [0.25, 0.3) is 0 Å². The topological polar surface area (TPSA) is 80.4 Å². The fourth-order valence-electron chi connectivity index (χ4n) is 2.73. The molecular formula is C12H14N4O2. The van der Waals surface area contributed by atoms with Crippen LogP contribution in [-0.4, -0.2) is 30.7 Å². The summed E-state index contributed by atoms with van der Waals surface area (Å²) in [6.45, 7) is 0. The maximum absolute atomic E-state index is 11.5. The lowest BCUT2D eigenvalue weighted by Gasteiger charge is -2.22. The molecule has 1 aliphatic carbocycles. The third-order valence-electron chi connectivity index (χ3n) is 3.80. The van der Waals surface area contributed by atoms with E-state index in [-0.39, 0.29) is 0 Å². The van der Waals surface area contributed by atoms with Crippen LogP contribution in [0.4, 0.5) is 0 Å². The number of aromatic nitrogens is 4. The Labute approximate surface area is 104 Å². The minimum Gasteiger partial charge on any atom is -0.481 e. The van der Waals surface area contributed by atoms with Gasteiger partial charge in [0.05, 0.1) is 5.41 Å². The monoisotopic (exact) mass is 246 g/mol. The van der Waals surface area contributed by atoms with Gasteiger partial charge >= 0.3 is 5.97 Å². The number of fused-ring (bicyclic) bond motifs is 1. The molecule has 3 rings (SSSR count). The second-order valence-electron chi connectivity index (χ2n) is 4.89. The first-order valence-corrected chi connectivity index (χ1v) is 6.08. The normalized spacial score (nSPS) is 18.2. The Morgan fingerprint density at radius 1 is 1.39 bits per heavy atom. The fraction of sp³-hybridized carbons (Fsp3) is 0.500. The molecule has 0 aliphatic heterocycles. The maximum atomic E-state index is 11.5. The largest absolute Gasteiger partial charge is 0.481 e. The van der Waals surface area contributed by atoms with Crippen LogP contribution in [0.25, 0.3) is 5.65 Å². The molecule has 0 bridgehead atoms. The highest BCUT2D eigenvalue weighted by Crippen LogP contribution is 2.40. The highest BCUT2D eigenvalue weighted by atomic mass is 16.4. The molecule has 0 amide bonds. The first-order chi connectivity index (χ1) is 8.71. The van der Waals surface area contributed by atoms with Crippen LogP contribution in [0.3, 0.4) is 0 Å². The van der Waals surface area contributed by atoms with Gasteiger partial charge in [-0.25, -0.2) is 4.98 Å². The van der Waals surface area contributed by atoms with E-state index in [9.17, 15) is 9.90 Å². The van der Waals surface area contributed by atoms with Crippen LogP contribution in [0.15, 0.2) is 18.6 Å². The SMILES string of the molecule is O=C(O)C1(Cc2nnc3ccncn23)CCCC1. The number of carbonyl (C=O) groups is 1. The molecule has 2 aromatic heterocycles. The predicted octanol–water partition coefficient (Wildman–Crippen LogP) is 1.31. The summed E-state index contributed by atoms with van der Waals surface area (Å²) in [5.74, 6) is -0.0389. The van der Waals surface area contributed by atoms with E-state index in [1.807, 2.05) is 0 Å². The maximum Gasteiger partial charge on any atom is 0.310 e. The fourth-order valence-corrected chi connectivity index (χ4v) is 2.73. The van der Waals surface area contributed by atoms with E-state index in [0.29, 0.717) is 17.9 Å². The van der Waals surface area contributed by atoms with E-state index in [2.05, 4.69) is 15.2 Å². The second-order valence-corrected chi connectivity index (χ2v) is 4.89. The highest BCUT2D eigenvalue weighted by Gasteiger charge is 2.42. The first-order valence-electron chi connectivity index (χ1n) is 6.08. The van der Waals surface area contributed by atoms with Crippen LogP contribution in [-0.2, 0) is 11.2 Å². The summed E-state index contributed by atoms with van der Waals surface area (Å²) in [4.78, 5) is 15.5. The van der Waals surface area contributed by atoms with Crippen molar-refractivity contribution in [3.63, 3.8) is 0 Å². The average Bonchev–Trinajstić information content (AvgIpc) is 2.99. The molecule has 6 nitrogen and oxygen atoms in total. The number of carboxylic acids is 1. The van der Waals surface area contributed by atoms with Crippen molar-refractivity contribution < 1.29 is 9.90 Å². The van der Waals surface area contributed by atoms with Gasteiger partial charge in [-0.3, -0.25) is 9.20 Å². The van der Waals surface area contributed by atoms with Gasteiger partial charge in [-0.1, -0.05) is 12.8 Å². The quantitative estimate of drug-likeness (QED) is 0.883. The average molecular weight is 246 g/mol. The molecule has 0 unspecified atom stereocenters. The van der Waals surface area contributed by atoms with Gasteiger partial charge in [0.15, 0.2) is 5.65 Å². The molecule has 1 saturated carbocycles. The van der Waals surface area contributed by atoms with E-state index >= 15 is 0 Å². The number of nitrogens with zero attached hydrogens (tertiary/aromatic N) is 4. The Balaban J connectivity index is 1.98. The van der Waals surface area contributed by atoms with Gasteiger partial charge in [-0.05, 0) is 12.8 Å². The molecule has 0 atom stereocenters. The summed E-state index contributed by atoms with van der Waals surface area (Å²) in [5.41, 5.74) is 0.0391. The molecule has 94 valence electrons. The predicted molar refractivity (Wildman–Crippen MR) is 63.0 cm³/mol. The standard InChI is InChI=1S/C12H14N4O2/c17-11(18)12(4-1-2-5-12)7-10-15-14-9-3-6-13-8-16(9)10/h3,6,8H,1-2,4-5,7H2,(H,17,18). The van der Waals surface area contributed by atoms with Crippen LogP contribution in [0.2, 0.25) is 0 Å². The zero-order valence-electron chi connectivity index (χ0n) is 9.91. The summed E-state index contributed by atoms with van der Waals surface area (Å²) in [5, 5.41) is 17.6. The van der Waals surface area contributed by atoms with Gasteiger partial charge < -0.3 is 5.11 Å². The van der Waals surface area contributed by atoms with Gasteiger partial charge in [-0.15, -0.1) is 10.2 Å². The van der Waals surface area contributed by atoms with E-state index in [4.69, 9.17) is 0 Å². The van der Waals surface area contributed by atoms with E-state index < -0.39 is 11.4 Å². The highest BCUT2D eigenvalue weighted by molar-refractivity contribution is 5.75. The van der Waals surface area contributed by atoms with Crippen molar-refractivity contribution in [2.45, 2.75) is 32.1 Å². The van der Waals surface area contributed by atoms with Crippen molar-refractivity contribution in [2.75, 3.05) is 0 Å². The van der Waals surface area contributed by atoms with Crippen LogP contribution < -0.4 is 0 Å². The molecule has 2 aromatic rings. The van der Waals surface area contributed by atoms with Gasteiger partial charge in [0.1, 0.15) is 12.2 Å². The lowest BCUT2D eigenvalue weighted by Crippen LogP contribution is -2.31. The van der Waals surface area contributed by atoms with Crippen molar-refractivity contribution in [1.29, 1.82) is 0 Å². The van der Waals surface area contributed by atoms with Crippen LogP contribution >= 0.6 is 0 Å². The lowest BCUT2D eigenvalue weighted by molar-refractivity contribution is -0.148. The zero-order chi connectivity index (χ0) is 12.6. The van der Waals surface area contributed by atoms with Crippen molar-refractivity contribution in [2.24, 2.45) is 5.41 Å². The summed E-state index contributed by atoms with van der Waals surface area (Å²) < 4.78 is 1.77. The Bertz CT molecular complexity index is 587. The van der Waals surface area contributed by atoms with Gasteiger partial charge in [-0.2, -0.15) is 0 Å². The van der Waals surface area contributed by atoms with E-state index in [0.717, 1.165) is 25.7 Å². The number of rotatable bonds is 3. The third kappa shape index (κ3) is 1.64. The Morgan fingerprint density at radius 2 is 2.17 bits per heavy atom. The Morgan fingerprint density at radius 3 is 2.89 bits per heavy atom. The molecule has 0 aromatic carbocycles. The summed E-state index contributed by atoms with van der Waals surface area (Å²) >= 11 is 0. The van der Waals surface area contributed by atoms with Gasteiger partial charge in [0, 0.05) is 18.7 Å². The molecule has 1 N–H and O–H groups in total. The molecule has 1 aliphatic rings. The van der Waals surface area contributed by atoms with Crippen molar-refractivity contribution in [1.82, 2.24) is 19.6 Å². The number of hydrogen-bond donors (Lipinski definition) is 1. The van der Waals surface area contributed by atoms with Crippen LogP contribution in [0.5, 0.6) is 0 Å². The molecule has 0 saturated heterocycles. The minimum atomic E-state index is -0.722. The Kier molecular flexibility index (Phi) is 2.50. The molecule has 18 heavy (non-hydrogen) atoms. The summed E-state index contributed by atoms with van der Waals surface area (Å²) in [6, 6.07) is 1.76. The van der Waals surface area contributed by atoms with Crippen LogP contribution in [0, 0.1) is 5.41 Å². The zero-order valence-corrected chi connectivity index (χ0v) is 9.91. The second kappa shape index (κ2) is 4.04. The molecular weight excluding hydrogens is 232 g/mol. The summed E-state index contributed by atoms with van der Waals surface area (Å²) in [6.07, 6.45) is 7.10. The molecule has 6 heteroatoms. The molecule has 1 fully saturated rings. The van der Waals surface area contributed by atoms with Crippen LogP contribution in [0.1, 0.15) is 31.5 Å². The van der Waals surface area contributed by atoms with E-state index in [1.54, 1.807) is 23.0 Å². The molecule has 0 radical (unpaired) electrons. The lowest BCUT2D eigenvalue weighted by atomic mass is 9.82. The van der Waals surface area contributed by atoms with Gasteiger partial charge in [0.2, 0.25) is 0 Å². The number of hydrogen-bond acceptors (Lipinski definition) is 4. The molecule has 0 spiro atoms. The Hall–Kier alpha value is -1.98. The third-order valence-corrected chi connectivity index (χ3v) is 3.80. The van der Waals surface area contributed by atoms with Crippen molar-refractivity contribution >= 4 is 11.6 Å². The number of aliphatic carboxylic acids is 1. The molecule has 2 heterocycles. The smallest absolute Gasteiger partial charge is 0.310 e. The van der Waals surface area contributed by atoms with Crippen molar-refractivity contribution in [3.8, 4) is 0 Å². The first kappa shape index (κ1) is 11.1. The minimum absolute atomic E-state index is 0.426. The van der Waals surface area contributed by atoms with E-state index in [1.165, 1.54) is 0 Å². The summed E-state index contributed by atoms with van der Waals surface area (Å²) in [7, 11) is 0.